The van der Waals surface area contributed by atoms with Crippen molar-refractivity contribution in [2.45, 2.75) is 39.4 Å². The lowest BCUT2D eigenvalue weighted by Gasteiger charge is -2.22. The van der Waals surface area contributed by atoms with Crippen molar-refractivity contribution in [1.82, 2.24) is 15.1 Å². The van der Waals surface area contributed by atoms with Gasteiger partial charge in [0, 0.05) is 24.3 Å². The Morgan fingerprint density at radius 3 is 2.76 bits per heavy atom. The highest BCUT2D eigenvalue weighted by Gasteiger charge is 2.15. The second kappa shape index (κ2) is 6.72. The van der Waals surface area contributed by atoms with Crippen molar-refractivity contribution < 1.29 is 9.13 Å². The van der Waals surface area contributed by atoms with Crippen molar-refractivity contribution in [3.8, 4) is 5.75 Å². The minimum Gasteiger partial charge on any atom is -0.496 e. The summed E-state index contributed by atoms with van der Waals surface area (Å²) in [6, 6.07) is 4.95. The molecule has 1 N–H and O–H groups in total. The van der Waals surface area contributed by atoms with E-state index in [1.54, 1.807) is 13.2 Å². The summed E-state index contributed by atoms with van der Waals surface area (Å²) in [4.78, 5) is 0. The van der Waals surface area contributed by atoms with Crippen molar-refractivity contribution in [2.24, 2.45) is 0 Å². The molecule has 2 atom stereocenters. The SMILES string of the molecule is COc1ccc(F)cc1CN[C@@H](C)[C@H](C)n1cc(C)cn1. The first-order chi connectivity index (χ1) is 10.0. The summed E-state index contributed by atoms with van der Waals surface area (Å²) >= 11 is 0. The van der Waals surface area contributed by atoms with Gasteiger partial charge in [-0.3, -0.25) is 4.68 Å². The van der Waals surface area contributed by atoms with Crippen LogP contribution in [0.3, 0.4) is 0 Å². The number of halogens is 1. The van der Waals surface area contributed by atoms with Crippen LogP contribution in [0.25, 0.3) is 0 Å². The molecule has 0 amide bonds. The average Bonchev–Trinajstić information content (AvgIpc) is 2.90. The summed E-state index contributed by atoms with van der Waals surface area (Å²) in [6.45, 7) is 6.76. The minimum absolute atomic E-state index is 0.192. The van der Waals surface area contributed by atoms with Crippen molar-refractivity contribution in [2.75, 3.05) is 7.11 Å². The molecule has 0 spiro atoms. The predicted octanol–water partition coefficient (Wildman–Crippen LogP) is 3.08. The molecule has 0 saturated heterocycles. The second-order valence-electron chi connectivity index (χ2n) is 5.36. The molecule has 5 heteroatoms. The highest BCUT2D eigenvalue weighted by molar-refractivity contribution is 5.33. The summed E-state index contributed by atoms with van der Waals surface area (Å²) in [5.74, 6) is 0.440. The Bertz CT molecular complexity index is 597. The fourth-order valence-corrected chi connectivity index (χ4v) is 2.21. The Balaban J connectivity index is 2.00. The molecule has 0 aliphatic heterocycles. The van der Waals surface area contributed by atoms with Gasteiger partial charge in [-0.1, -0.05) is 0 Å². The van der Waals surface area contributed by atoms with Gasteiger partial charge in [-0.15, -0.1) is 0 Å². The molecular formula is C16H22FN3O. The van der Waals surface area contributed by atoms with E-state index in [0.29, 0.717) is 12.3 Å². The molecule has 1 heterocycles. The smallest absolute Gasteiger partial charge is 0.123 e. The third kappa shape index (κ3) is 3.82. The van der Waals surface area contributed by atoms with E-state index in [2.05, 4.69) is 24.3 Å². The zero-order chi connectivity index (χ0) is 15.4. The first-order valence-corrected chi connectivity index (χ1v) is 7.08. The molecule has 4 nitrogen and oxygen atoms in total. The maximum absolute atomic E-state index is 13.3. The largest absolute Gasteiger partial charge is 0.496 e. The first-order valence-electron chi connectivity index (χ1n) is 7.08. The molecule has 0 unspecified atom stereocenters. The molecule has 21 heavy (non-hydrogen) atoms. The number of benzene rings is 1. The lowest BCUT2D eigenvalue weighted by molar-refractivity contribution is 0.359. The number of hydrogen-bond donors (Lipinski definition) is 1. The van der Waals surface area contributed by atoms with Gasteiger partial charge in [-0.05, 0) is 44.5 Å². The van der Waals surface area contributed by atoms with Crippen LogP contribution in [0.4, 0.5) is 4.39 Å². The van der Waals surface area contributed by atoms with Crippen LogP contribution >= 0.6 is 0 Å². The third-order valence-corrected chi connectivity index (χ3v) is 3.73. The Labute approximate surface area is 124 Å². The number of nitrogens with zero attached hydrogens (tertiary/aromatic N) is 2. The Morgan fingerprint density at radius 2 is 2.14 bits per heavy atom. The maximum atomic E-state index is 13.3. The van der Waals surface area contributed by atoms with E-state index in [1.165, 1.54) is 12.1 Å². The molecule has 114 valence electrons. The molecule has 2 aromatic rings. The van der Waals surface area contributed by atoms with Gasteiger partial charge in [0.2, 0.25) is 0 Å². The average molecular weight is 291 g/mol. The zero-order valence-corrected chi connectivity index (χ0v) is 12.9. The Kier molecular flexibility index (Phi) is 4.96. The van der Waals surface area contributed by atoms with Crippen molar-refractivity contribution in [3.05, 3.63) is 47.5 Å². The quantitative estimate of drug-likeness (QED) is 0.889. The van der Waals surface area contributed by atoms with E-state index >= 15 is 0 Å². The van der Waals surface area contributed by atoms with Crippen LogP contribution in [0.5, 0.6) is 5.75 Å². The third-order valence-electron chi connectivity index (χ3n) is 3.73. The minimum atomic E-state index is -0.254. The van der Waals surface area contributed by atoms with Crippen molar-refractivity contribution >= 4 is 0 Å². The van der Waals surface area contributed by atoms with Gasteiger partial charge in [0.1, 0.15) is 11.6 Å². The van der Waals surface area contributed by atoms with E-state index in [0.717, 1.165) is 11.1 Å². The fraction of sp³-hybridized carbons (Fsp3) is 0.438. The van der Waals surface area contributed by atoms with E-state index in [4.69, 9.17) is 4.74 Å². The van der Waals surface area contributed by atoms with Crippen LogP contribution in [0.15, 0.2) is 30.6 Å². The van der Waals surface area contributed by atoms with Gasteiger partial charge in [-0.25, -0.2) is 4.39 Å². The number of hydrogen-bond acceptors (Lipinski definition) is 3. The predicted molar refractivity (Wildman–Crippen MR) is 80.9 cm³/mol. The monoisotopic (exact) mass is 291 g/mol. The topological polar surface area (TPSA) is 39.1 Å². The van der Waals surface area contributed by atoms with Crippen LogP contribution in [0, 0.1) is 12.7 Å². The standard InChI is InChI=1S/C16H22FN3O/c1-11-8-19-20(10-11)13(3)12(2)18-9-14-7-15(17)5-6-16(14)21-4/h5-8,10,12-13,18H,9H2,1-4H3/t12-,13-/m0/s1. The van der Waals surface area contributed by atoms with Gasteiger partial charge < -0.3 is 10.1 Å². The highest BCUT2D eigenvalue weighted by atomic mass is 19.1. The van der Waals surface area contributed by atoms with Gasteiger partial charge in [0.25, 0.3) is 0 Å². The van der Waals surface area contributed by atoms with Crippen LogP contribution in [0.2, 0.25) is 0 Å². The number of nitrogens with one attached hydrogen (secondary N) is 1. The summed E-state index contributed by atoms with van der Waals surface area (Å²) < 4.78 is 20.5. The normalized spacial score (nSPS) is 14.0. The summed E-state index contributed by atoms with van der Waals surface area (Å²) in [5, 5.41) is 7.73. The van der Waals surface area contributed by atoms with Gasteiger partial charge >= 0.3 is 0 Å². The zero-order valence-electron chi connectivity index (χ0n) is 12.9. The lowest BCUT2D eigenvalue weighted by Crippen LogP contribution is -2.33. The first kappa shape index (κ1) is 15.5. The molecule has 1 aromatic carbocycles. The van der Waals surface area contributed by atoms with Gasteiger partial charge in [0.05, 0.1) is 19.3 Å². The van der Waals surface area contributed by atoms with Gasteiger partial charge in [0.15, 0.2) is 0 Å². The summed E-state index contributed by atoms with van der Waals surface area (Å²) in [6.07, 6.45) is 3.87. The second-order valence-corrected chi connectivity index (χ2v) is 5.36. The number of rotatable bonds is 6. The van der Waals surface area contributed by atoms with E-state index in [-0.39, 0.29) is 17.9 Å². The highest BCUT2D eigenvalue weighted by Crippen LogP contribution is 2.20. The molecule has 2 rings (SSSR count). The summed E-state index contributed by atoms with van der Waals surface area (Å²) in [7, 11) is 1.59. The van der Waals surface area contributed by atoms with Gasteiger partial charge in [-0.2, -0.15) is 5.10 Å². The molecule has 0 aliphatic carbocycles. The van der Waals surface area contributed by atoms with Crippen LogP contribution in [0.1, 0.15) is 31.0 Å². The van der Waals surface area contributed by atoms with E-state index in [1.807, 2.05) is 24.0 Å². The molecule has 0 bridgehead atoms. The lowest BCUT2D eigenvalue weighted by atomic mass is 10.1. The van der Waals surface area contributed by atoms with E-state index < -0.39 is 0 Å². The summed E-state index contributed by atoms with van der Waals surface area (Å²) in [5.41, 5.74) is 1.95. The van der Waals surface area contributed by atoms with Crippen LogP contribution in [-0.4, -0.2) is 22.9 Å². The molecule has 0 radical (unpaired) electrons. The number of methoxy groups -OCH3 is 1. The Morgan fingerprint density at radius 1 is 1.38 bits per heavy atom. The fourth-order valence-electron chi connectivity index (χ4n) is 2.21. The number of aryl methyl sites for hydroxylation is 1. The van der Waals surface area contributed by atoms with Crippen LogP contribution < -0.4 is 10.1 Å². The van der Waals surface area contributed by atoms with Crippen molar-refractivity contribution in [3.63, 3.8) is 0 Å². The maximum Gasteiger partial charge on any atom is 0.123 e. The molecule has 0 aliphatic rings. The molecule has 0 saturated carbocycles. The van der Waals surface area contributed by atoms with E-state index in [9.17, 15) is 4.39 Å². The number of aromatic nitrogens is 2. The molecular weight excluding hydrogens is 269 g/mol. The number of ether oxygens (including phenoxy) is 1. The van der Waals surface area contributed by atoms with Crippen molar-refractivity contribution in [1.29, 1.82) is 0 Å². The molecule has 1 aromatic heterocycles. The molecule has 0 fully saturated rings. The van der Waals surface area contributed by atoms with Crippen LogP contribution in [-0.2, 0) is 6.54 Å². The Hall–Kier alpha value is -1.88.